The number of hydrogen-bond acceptors (Lipinski definition) is 4. The van der Waals surface area contributed by atoms with Crippen molar-refractivity contribution in [1.82, 2.24) is 10.3 Å². The molecule has 0 bridgehead atoms. The Bertz CT molecular complexity index is 505. The van der Waals surface area contributed by atoms with Gasteiger partial charge in [-0.1, -0.05) is 6.07 Å². The Morgan fingerprint density at radius 1 is 1.38 bits per heavy atom. The van der Waals surface area contributed by atoms with Crippen LogP contribution in [0.5, 0.6) is 0 Å². The number of anilines is 1. The third-order valence-corrected chi connectivity index (χ3v) is 5.93. The molecule has 0 atom stereocenters. The first-order valence-corrected chi connectivity index (χ1v) is 8.89. The van der Waals surface area contributed by atoms with E-state index in [0.717, 1.165) is 44.6 Å². The maximum Gasteiger partial charge on any atom is 0.236 e. The fourth-order valence-corrected chi connectivity index (χ4v) is 3.61. The van der Waals surface area contributed by atoms with Crippen molar-refractivity contribution in [3.8, 4) is 0 Å². The van der Waals surface area contributed by atoms with Gasteiger partial charge in [-0.3, -0.25) is 4.79 Å². The molecule has 0 radical (unpaired) electrons. The van der Waals surface area contributed by atoms with E-state index >= 15 is 0 Å². The summed E-state index contributed by atoms with van der Waals surface area (Å²) in [6.45, 7) is 3.98. The molecule has 1 aliphatic heterocycles. The average molecular weight is 305 g/mol. The first-order valence-electron chi connectivity index (χ1n) is 7.67. The van der Waals surface area contributed by atoms with E-state index in [2.05, 4.69) is 34.3 Å². The second kappa shape index (κ2) is 5.87. The number of aromatic nitrogens is 1. The topological polar surface area (TPSA) is 45.2 Å². The lowest BCUT2D eigenvalue weighted by Gasteiger charge is -2.33. The summed E-state index contributed by atoms with van der Waals surface area (Å²) in [5.41, 5.74) is 1.19. The van der Waals surface area contributed by atoms with E-state index in [1.54, 1.807) is 11.8 Å². The summed E-state index contributed by atoms with van der Waals surface area (Å²) in [6.07, 6.45) is 8.03. The zero-order valence-electron chi connectivity index (χ0n) is 12.8. The van der Waals surface area contributed by atoms with Crippen molar-refractivity contribution in [3.05, 3.63) is 23.9 Å². The molecule has 2 aliphatic rings. The molecule has 2 heterocycles. The molecule has 5 heteroatoms. The summed E-state index contributed by atoms with van der Waals surface area (Å²) < 4.78 is -0.102. The second-order valence-corrected chi connectivity index (χ2v) is 7.32. The van der Waals surface area contributed by atoms with Gasteiger partial charge in [-0.05, 0) is 50.5 Å². The van der Waals surface area contributed by atoms with Crippen LogP contribution >= 0.6 is 11.8 Å². The molecule has 0 spiro atoms. The number of hydrogen-bond donors (Lipinski definition) is 1. The molecular formula is C16H23N3OS. The Morgan fingerprint density at radius 2 is 2.10 bits per heavy atom. The van der Waals surface area contributed by atoms with E-state index in [4.69, 9.17) is 0 Å². The highest BCUT2D eigenvalue weighted by Gasteiger charge is 2.49. The van der Waals surface area contributed by atoms with Gasteiger partial charge in [0, 0.05) is 25.3 Å². The van der Waals surface area contributed by atoms with Gasteiger partial charge in [-0.2, -0.15) is 0 Å². The molecule has 1 N–H and O–H groups in total. The fourth-order valence-electron chi connectivity index (χ4n) is 2.85. The summed E-state index contributed by atoms with van der Waals surface area (Å²) >= 11 is 1.70. The van der Waals surface area contributed by atoms with Crippen LogP contribution in [0.15, 0.2) is 18.3 Å². The van der Waals surface area contributed by atoms with Crippen molar-refractivity contribution < 1.29 is 4.79 Å². The summed E-state index contributed by atoms with van der Waals surface area (Å²) in [6, 6.07) is 4.51. The molecule has 1 aliphatic carbocycles. The predicted octanol–water partition coefficient (Wildman–Crippen LogP) is 2.37. The minimum atomic E-state index is -0.102. The van der Waals surface area contributed by atoms with E-state index in [-0.39, 0.29) is 10.7 Å². The number of rotatable bonds is 4. The highest BCUT2D eigenvalue weighted by molar-refractivity contribution is 8.01. The summed E-state index contributed by atoms with van der Waals surface area (Å²) in [5, 5.41) is 3.25. The third-order valence-electron chi connectivity index (χ3n) is 4.56. The van der Waals surface area contributed by atoms with Gasteiger partial charge in [-0.25, -0.2) is 4.98 Å². The first kappa shape index (κ1) is 14.7. The van der Waals surface area contributed by atoms with Gasteiger partial charge in [0.05, 0.1) is 4.75 Å². The molecule has 2 fully saturated rings. The molecule has 1 saturated carbocycles. The minimum Gasteiger partial charge on any atom is -0.356 e. The number of thioether (sulfide) groups is 1. The summed E-state index contributed by atoms with van der Waals surface area (Å²) in [5.74, 6) is 1.30. The van der Waals surface area contributed by atoms with Crippen LogP contribution in [0.3, 0.4) is 0 Å². The highest BCUT2D eigenvalue weighted by atomic mass is 32.2. The van der Waals surface area contributed by atoms with Crippen molar-refractivity contribution in [1.29, 1.82) is 0 Å². The number of pyridine rings is 1. The smallest absolute Gasteiger partial charge is 0.236 e. The standard InChI is InChI=1S/C16H23N3OS/c1-12-3-4-14(17-11-12)19-9-5-13(6-10-19)18-15(20)16(21-2)7-8-16/h3-4,11,13H,5-10H2,1-2H3,(H,18,20). The first-order chi connectivity index (χ1) is 10.1. The average Bonchev–Trinajstić information content (AvgIpc) is 3.30. The minimum absolute atomic E-state index is 0.102. The maximum absolute atomic E-state index is 12.3. The van der Waals surface area contributed by atoms with Gasteiger partial charge in [-0.15, -0.1) is 11.8 Å². The maximum atomic E-state index is 12.3. The van der Waals surface area contributed by atoms with Crippen LogP contribution in [0.4, 0.5) is 5.82 Å². The molecule has 1 saturated heterocycles. The van der Waals surface area contributed by atoms with Gasteiger partial charge in [0.2, 0.25) is 5.91 Å². The molecular weight excluding hydrogens is 282 g/mol. The van der Waals surface area contributed by atoms with Gasteiger partial charge in [0.25, 0.3) is 0 Å². The number of amides is 1. The molecule has 1 aromatic rings. The third kappa shape index (κ3) is 3.18. The number of aryl methyl sites for hydroxylation is 1. The Balaban J connectivity index is 1.51. The van der Waals surface area contributed by atoms with Gasteiger partial charge in [0.15, 0.2) is 0 Å². The van der Waals surface area contributed by atoms with Crippen LogP contribution in [0.25, 0.3) is 0 Å². The van der Waals surface area contributed by atoms with E-state index in [0.29, 0.717) is 6.04 Å². The van der Waals surface area contributed by atoms with E-state index in [9.17, 15) is 4.79 Å². The van der Waals surface area contributed by atoms with Gasteiger partial charge < -0.3 is 10.2 Å². The largest absolute Gasteiger partial charge is 0.356 e. The number of carbonyl (C=O) groups excluding carboxylic acids is 1. The molecule has 114 valence electrons. The van der Waals surface area contributed by atoms with Crippen molar-refractivity contribution in [3.63, 3.8) is 0 Å². The van der Waals surface area contributed by atoms with Crippen LogP contribution in [-0.4, -0.2) is 41.0 Å². The zero-order valence-corrected chi connectivity index (χ0v) is 13.6. The Morgan fingerprint density at radius 3 is 2.62 bits per heavy atom. The number of carbonyl (C=O) groups is 1. The van der Waals surface area contributed by atoms with E-state index < -0.39 is 0 Å². The summed E-state index contributed by atoms with van der Waals surface area (Å²) in [4.78, 5) is 19.1. The van der Waals surface area contributed by atoms with Crippen LogP contribution in [0.1, 0.15) is 31.2 Å². The van der Waals surface area contributed by atoms with Gasteiger partial charge >= 0.3 is 0 Å². The zero-order chi connectivity index (χ0) is 14.9. The lowest BCUT2D eigenvalue weighted by atomic mass is 10.0. The van der Waals surface area contributed by atoms with Crippen LogP contribution in [0.2, 0.25) is 0 Å². The van der Waals surface area contributed by atoms with E-state index in [1.165, 1.54) is 5.56 Å². The second-order valence-electron chi connectivity index (χ2n) is 6.13. The number of nitrogens with one attached hydrogen (secondary N) is 1. The van der Waals surface area contributed by atoms with Crippen molar-refractivity contribution >= 4 is 23.5 Å². The summed E-state index contributed by atoms with van der Waals surface area (Å²) in [7, 11) is 0. The lowest BCUT2D eigenvalue weighted by Crippen LogP contribution is -2.47. The van der Waals surface area contributed by atoms with Crippen molar-refractivity contribution in [2.24, 2.45) is 0 Å². The van der Waals surface area contributed by atoms with Crippen LogP contribution in [0, 0.1) is 6.92 Å². The number of nitrogens with zero attached hydrogens (tertiary/aromatic N) is 2. The predicted molar refractivity (Wildman–Crippen MR) is 87.8 cm³/mol. The Kier molecular flexibility index (Phi) is 4.11. The fraction of sp³-hybridized carbons (Fsp3) is 0.625. The van der Waals surface area contributed by atoms with Crippen molar-refractivity contribution in [2.45, 2.75) is 43.4 Å². The Hall–Kier alpha value is -1.23. The van der Waals surface area contributed by atoms with Gasteiger partial charge in [0.1, 0.15) is 5.82 Å². The highest BCUT2D eigenvalue weighted by Crippen LogP contribution is 2.47. The van der Waals surface area contributed by atoms with Crippen molar-refractivity contribution in [2.75, 3.05) is 24.2 Å². The molecule has 21 heavy (non-hydrogen) atoms. The van der Waals surface area contributed by atoms with E-state index in [1.807, 2.05) is 12.5 Å². The Labute approximate surface area is 130 Å². The van der Waals surface area contributed by atoms with Crippen LogP contribution in [-0.2, 0) is 4.79 Å². The molecule has 1 amide bonds. The molecule has 4 nitrogen and oxygen atoms in total. The quantitative estimate of drug-likeness (QED) is 0.927. The van der Waals surface area contributed by atoms with Crippen LogP contribution < -0.4 is 10.2 Å². The lowest BCUT2D eigenvalue weighted by molar-refractivity contribution is -0.122. The number of piperidine rings is 1. The monoisotopic (exact) mass is 305 g/mol. The molecule has 3 rings (SSSR count). The normalized spacial score (nSPS) is 21.1. The SMILES string of the molecule is CSC1(C(=O)NC2CCN(c3ccc(C)cn3)CC2)CC1. The molecule has 0 unspecified atom stereocenters. The molecule has 1 aromatic heterocycles. The molecule has 0 aromatic carbocycles.